The van der Waals surface area contributed by atoms with Crippen LogP contribution in [0.4, 0.5) is 4.39 Å². The van der Waals surface area contributed by atoms with Gasteiger partial charge in [-0.1, -0.05) is 25.0 Å². The SMILES string of the molecule is O=C(CCN1CCCCCC1)NCc1ccc(F)cc1. The zero-order valence-corrected chi connectivity index (χ0v) is 11.9. The summed E-state index contributed by atoms with van der Waals surface area (Å²) in [6.45, 7) is 3.55. The quantitative estimate of drug-likeness (QED) is 0.898. The Morgan fingerprint density at radius 2 is 1.75 bits per heavy atom. The number of rotatable bonds is 5. The standard InChI is InChI=1S/C16H23FN2O/c17-15-7-5-14(6-8-15)13-18-16(20)9-12-19-10-3-1-2-4-11-19/h5-8H,1-4,9-13H2,(H,18,20). The molecular weight excluding hydrogens is 255 g/mol. The first kappa shape index (κ1) is 15.0. The number of carbonyl (C=O) groups excluding carboxylic acids is 1. The van der Waals surface area contributed by atoms with Gasteiger partial charge < -0.3 is 10.2 Å². The van der Waals surface area contributed by atoms with E-state index < -0.39 is 0 Å². The van der Waals surface area contributed by atoms with Gasteiger partial charge in [-0.25, -0.2) is 4.39 Å². The van der Waals surface area contributed by atoms with Crippen LogP contribution in [0.2, 0.25) is 0 Å². The fraction of sp³-hybridized carbons (Fsp3) is 0.562. The molecule has 1 fully saturated rings. The van der Waals surface area contributed by atoms with E-state index in [1.807, 2.05) is 0 Å². The molecule has 1 aromatic carbocycles. The molecule has 1 aliphatic heterocycles. The van der Waals surface area contributed by atoms with E-state index in [0.29, 0.717) is 13.0 Å². The fourth-order valence-corrected chi connectivity index (χ4v) is 2.51. The van der Waals surface area contributed by atoms with Crippen molar-refractivity contribution in [2.75, 3.05) is 19.6 Å². The van der Waals surface area contributed by atoms with Crippen molar-refractivity contribution in [2.45, 2.75) is 38.6 Å². The summed E-state index contributed by atoms with van der Waals surface area (Å²) in [6, 6.07) is 6.23. The van der Waals surface area contributed by atoms with Crippen LogP contribution in [-0.4, -0.2) is 30.4 Å². The topological polar surface area (TPSA) is 32.3 Å². The third kappa shape index (κ3) is 5.29. The molecule has 20 heavy (non-hydrogen) atoms. The Balaban J connectivity index is 1.66. The summed E-state index contributed by atoms with van der Waals surface area (Å²) in [4.78, 5) is 14.2. The van der Waals surface area contributed by atoms with Gasteiger partial charge in [-0.15, -0.1) is 0 Å². The first-order valence-corrected chi connectivity index (χ1v) is 7.47. The molecule has 1 aliphatic rings. The van der Waals surface area contributed by atoms with E-state index in [1.165, 1.54) is 37.8 Å². The molecule has 1 saturated heterocycles. The Labute approximate surface area is 120 Å². The average Bonchev–Trinajstić information content (AvgIpc) is 2.73. The summed E-state index contributed by atoms with van der Waals surface area (Å²) in [7, 11) is 0. The van der Waals surface area contributed by atoms with Crippen molar-refractivity contribution in [2.24, 2.45) is 0 Å². The molecular formula is C16H23FN2O. The summed E-state index contributed by atoms with van der Waals surface area (Å²) >= 11 is 0. The predicted octanol–water partition coefficient (Wildman–Crippen LogP) is 2.71. The average molecular weight is 278 g/mol. The van der Waals surface area contributed by atoms with Crippen LogP contribution in [0.25, 0.3) is 0 Å². The molecule has 0 aliphatic carbocycles. The maximum atomic E-state index is 12.8. The van der Waals surface area contributed by atoms with Crippen molar-refractivity contribution < 1.29 is 9.18 Å². The smallest absolute Gasteiger partial charge is 0.221 e. The van der Waals surface area contributed by atoms with E-state index in [1.54, 1.807) is 12.1 Å². The second kappa shape index (κ2) is 8.00. The van der Waals surface area contributed by atoms with Crippen LogP contribution in [0.1, 0.15) is 37.7 Å². The lowest BCUT2D eigenvalue weighted by Crippen LogP contribution is -2.31. The number of halogens is 1. The van der Waals surface area contributed by atoms with Gasteiger partial charge in [0, 0.05) is 19.5 Å². The van der Waals surface area contributed by atoms with Crippen LogP contribution >= 0.6 is 0 Å². The Morgan fingerprint density at radius 3 is 2.40 bits per heavy atom. The van der Waals surface area contributed by atoms with E-state index in [2.05, 4.69) is 10.2 Å². The lowest BCUT2D eigenvalue weighted by Gasteiger charge is -2.19. The Kier molecular flexibility index (Phi) is 5.99. The van der Waals surface area contributed by atoms with Gasteiger partial charge >= 0.3 is 0 Å². The van der Waals surface area contributed by atoms with E-state index in [9.17, 15) is 9.18 Å². The zero-order chi connectivity index (χ0) is 14.2. The molecule has 1 aromatic rings. The molecule has 0 bridgehead atoms. The van der Waals surface area contributed by atoms with Gasteiger partial charge in [0.25, 0.3) is 0 Å². The first-order valence-electron chi connectivity index (χ1n) is 7.47. The number of nitrogens with zero attached hydrogens (tertiary/aromatic N) is 1. The number of hydrogen-bond acceptors (Lipinski definition) is 2. The summed E-state index contributed by atoms with van der Waals surface area (Å²) in [6.07, 6.45) is 5.66. The Hall–Kier alpha value is -1.42. The summed E-state index contributed by atoms with van der Waals surface area (Å²) in [5, 5.41) is 2.89. The fourth-order valence-electron chi connectivity index (χ4n) is 2.51. The number of carbonyl (C=O) groups is 1. The van der Waals surface area contributed by atoms with E-state index in [0.717, 1.165) is 25.2 Å². The van der Waals surface area contributed by atoms with Gasteiger partial charge in [0.2, 0.25) is 5.91 Å². The molecule has 0 radical (unpaired) electrons. The van der Waals surface area contributed by atoms with Gasteiger partial charge in [0.15, 0.2) is 0 Å². The van der Waals surface area contributed by atoms with Crippen LogP contribution in [0.5, 0.6) is 0 Å². The van der Waals surface area contributed by atoms with E-state index >= 15 is 0 Å². The van der Waals surface area contributed by atoms with Crippen molar-refractivity contribution in [3.05, 3.63) is 35.6 Å². The molecule has 110 valence electrons. The molecule has 0 spiro atoms. The largest absolute Gasteiger partial charge is 0.352 e. The molecule has 0 aromatic heterocycles. The van der Waals surface area contributed by atoms with Crippen LogP contribution in [-0.2, 0) is 11.3 Å². The normalized spacial score (nSPS) is 16.6. The van der Waals surface area contributed by atoms with Crippen molar-refractivity contribution in [1.82, 2.24) is 10.2 Å². The lowest BCUT2D eigenvalue weighted by atomic mass is 10.2. The van der Waals surface area contributed by atoms with Crippen LogP contribution < -0.4 is 5.32 Å². The monoisotopic (exact) mass is 278 g/mol. The van der Waals surface area contributed by atoms with Gasteiger partial charge in [-0.2, -0.15) is 0 Å². The summed E-state index contributed by atoms with van der Waals surface area (Å²) in [5.41, 5.74) is 0.925. The molecule has 0 unspecified atom stereocenters. The minimum Gasteiger partial charge on any atom is -0.352 e. The molecule has 1 heterocycles. The van der Waals surface area contributed by atoms with Crippen molar-refractivity contribution in [1.29, 1.82) is 0 Å². The number of nitrogens with one attached hydrogen (secondary N) is 1. The van der Waals surface area contributed by atoms with Crippen LogP contribution in [0.3, 0.4) is 0 Å². The van der Waals surface area contributed by atoms with Gasteiger partial charge in [0.1, 0.15) is 5.82 Å². The van der Waals surface area contributed by atoms with Crippen LogP contribution in [0, 0.1) is 5.82 Å². The first-order chi connectivity index (χ1) is 9.74. The summed E-state index contributed by atoms with van der Waals surface area (Å²) < 4.78 is 12.8. The number of amides is 1. The number of likely N-dealkylation sites (tertiary alicyclic amines) is 1. The highest BCUT2D eigenvalue weighted by atomic mass is 19.1. The highest BCUT2D eigenvalue weighted by Gasteiger charge is 2.10. The van der Waals surface area contributed by atoms with E-state index in [-0.39, 0.29) is 11.7 Å². The van der Waals surface area contributed by atoms with Gasteiger partial charge in [-0.3, -0.25) is 4.79 Å². The molecule has 1 N–H and O–H groups in total. The van der Waals surface area contributed by atoms with Crippen molar-refractivity contribution >= 4 is 5.91 Å². The minimum absolute atomic E-state index is 0.0681. The number of hydrogen-bond donors (Lipinski definition) is 1. The maximum Gasteiger partial charge on any atom is 0.221 e. The minimum atomic E-state index is -0.249. The Bertz CT molecular complexity index is 411. The molecule has 1 amide bonds. The molecule has 0 saturated carbocycles. The molecule has 0 atom stereocenters. The third-order valence-electron chi connectivity index (χ3n) is 3.76. The van der Waals surface area contributed by atoms with Gasteiger partial charge in [0.05, 0.1) is 0 Å². The van der Waals surface area contributed by atoms with Crippen molar-refractivity contribution in [3.8, 4) is 0 Å². The third-order valence-corrected chi connectivity index (χ3v) is 3.76. The molecule has 4 heteroatoms. The second-order valence-corrected chi connectivity index (χ2v) is 5.41. The van der Waals surface area contributed by atoms with Crippen LogP contribution in [0.15, 0.2) is 24.3 Å². The maximum absolute atomic E-state index is 12.8. The highest BCUT2D eigenvalue weighted by Crippen LogP contribution is 2.09. The predicted molar refractivity (Wildman–Crippen MR) is 77.8 cm³/mol. The molecule has 3 nitrogen and oxygen atoms in total. The van der Waals surface area contributed by atoms with Crippen molar-refractivity contribution in [3.63, 3.8) is 0 Å². The zero-order valence-electron chi connectivity index (χ0n) is 11.9. The highest BCUT2D eigenvalue weighted by molar-refractivity contribution is 5.76. The summed E-state index contributed by atoms with van der Waals surface area (Å²) in [5.74, 6) is -0.181. The van der Waals surface area contributed by atoms with E-state index in [4.69, 9.17) is 0 Å². The lowest BCUT2D eigenvalue weighted by molar-refractivity contribution is -0.121. The Morgan fingerprint density at radius 1 is 1.10 bits per heavy atom. The van der Waals surface area contributed by atoms with Gasteiger partial charge in [-0.05, 0) is 43.6 Å². The second-order valence-electron chi connectivity index (χ2n) is 5.41. The number of benzene rings is 1. The molecule has 2 rings (SSSR count).